The molecule has 0 amide bonds. The minimum Gasteiger partial charge on any atom is -0.339 e. The lowest BCUT2D eigenvalue weighted by atomic mass is 9.86. The van der Waals surface area contributed by atoms with Crippen molar-refractivity contribution in [3.63, 3.8) is 0 Å². The fraction of sp³-hybridized carbons (Fsp3) is 0.467. The monoisotopic (exact) mass is 372 g/mol. The largest absolute Gasteiger partial charge is 0.339 e. The van der Waals surface area contributed by atoms with E-state index in [1.165, 1.54) is 22.7 Å². The van der Waals surface area contributed by atoms with Crippen molar-refractivity contribution in [3.8, 4) is 11.5 Å². The molecular weight excluding hydrogens is 355 g/mol. The molecule has 24 heavy (non-hydrogen) atoms. The molecule has 1 N–H and O–H groups in total. The zero-order valence-corrected chi connectivity index (χ0v) is 14.9. The summed E-state index contributed by atoms with van der Waals surface area (Å²) in [6.45, 7) is 2.89. The third-order valence-corrected chi connectivity index (χ3v) is 5.92. The van der Waals surface area contributed by atoms with Crippen LogP contribution in [0.2, 0.25) is 5.15 Å². The second-order valence-corrected chi connectivity index (χ2v) is 8.49. The molecule has 0 aliphatic carbocycles. The van der Waals surface area contributed by atoms with Gasteiger partial charge in [0.05, 0.1) is 18.1 Å². The first kappa shape index (κ1) is 17.3. The predicted octanol–water partition coefficient (Wildman–Crippen LogP) is 2.65. The van der Waals surface area contributed by atoms with Crippen LogP contribution in [-0.2, 0) is 10.0 Å². The number of aromatic amines is 1. The molecule has 2 aromatic heterocycles. The minimum atomic E-state index is -3.19. The van der Waals surface area contributed by atoms with Gasteiger partial charge in [0.15, 0.2) is 11.0 Å². The Balaban J connectivity index is 1.84. The number of rotatable bonds is 3. The normalized spacial score (nSPS) is 22.7. The van der Waals surface area contributed by atoms with Crippen LogP contribution in [0, 0.1) is 11.7 Å². The summed E-state index contributed by atoms with van der Waals surface area (Å²) < 4.78 is 37.9. The predicted molar refractivity (Wildman–Crippen MR) is 89.7 cm³/mol. The third-order valence-electron chi connectivity index (χ3n) is 4.36. The maximum atomic E-state index is 13.0. The van der Waals surface area contributed by atoms with Crippen molar-refractivity contribution in [2.24, 2.45) is 5.92 Å². The van der Waals surface area contributed by atoms with Gasteiger partial charge in [-0.1, -0.05) is 18.5 Å². The number of aromatic nitrogens is 3. The highest BCUT2D eigenvalue weighted by Crippen LogP contribution is 2.36. The summed E-state index contributed by atoms with van der Waals surface area (Å²) >= 11 is 6.27. The zero-order valence-electron chi connectivity index (χ0n) is 13.3. The molecule has 3 rings (SSSR count). The fourth-order valence-corrected chi connectivity index (χ4v) is 4.30. The Morgan fingerprint density at radius 3 is 2.75 bits per heavy atom. The van der Waals surface area contributed by atoms with Crippen molar-refractivity contribution in [1.29, 1.82) is 0 Å². The summed E-state index contributed by atoms with van der Waals surface area (Å²) in [5.74, 6) is 0.240. The average molecular weight is 373 g/mol. The van der Waals surface area contributed by atoms with Gasteiger partial charge in [0.2, 0.25) is 10.0 Å². The molecule has 0 spiro atoms. The van der Waals surface area contributed by atoms with Crippen molar-refractivity contribution >= 4 is 21.6 Å². The van der Waals surface area contributed by atoms with Crippen LogP contribution >= 0.6 is 11.6 Å². The lowest BCUT2D eigenvalue weighted by Crippen LogP contribution is -2.41. The first-order chi connectivity index (χ1) is 11.3. The highest BCUT2D eigenvalue weighted by molar-refractivity contribution is 7.88. The molecular formula is C15H18ClFN4O2S. The van der Waals surface area contributed by atoms with E-state index in [-0.39, 0.29) is 11.8 Å². The van der Waals surface area contributed by atoms with Crippen LogP contribution in [0.3, 0.4) is 0 Å². The molecule has 9 heteroatoms. The molecule has 2 atom stereocenters. The van der Waals surface area contributed by atoms with Crippen molar-refractivity contribution in [3.05, 3.63) is 35.0 Å². The highest BCUT2D eigenvalue weighted by Gasteiger charge is 2.33. The maximum Gasteiger partial charge on any atom is 0.211 e. The van der Waals surface area contributed by atoms with Gasteiger partial charge in [0, 0.05) is 19.0 Å². The Hall–Kier alpha value is -1.51. The SMILES string of the molecule is C[C@@H]1CN(S(C)(=O)=O)CC[C@@H]1c1[nH]c(-c2ccc(F)cn2)nc1Cl. The van der Waals surface area contributed by atoms with Crippen molar-refractivity contribution < 1.29 is 12.8 Å². The molecule has 1 aliphatic heterocycles. The molecule has 0 radical (unpaired) electrons. The number of piperidine rings is 1. The number of H-pyrrole nitrogens is 1. The molecule has 0 unspecified atom stereocenters. The maximum absolute atomic E-state index is 13.0. The summed E-state index contributed by atoms with van der Waals surface area (Å²) in [5.41, 5.74) is 1.28. The van der Waals surface area contributed by atoms with E-state index in [9.17, 15) is 12.8 Å². The Morgan fingerprint density at radius 2 is 2.17 bits per heavy atom. The number of sulfonamides is 1. The van der Waals surface area contributed by atoms with Crippen molar-refractivity contribution in [1.82, 2.24) is 19.3 Å². The number of imidazole rings is 1. The quantitative estimate of drug-likeness (QED) is 0.898. The number of hydrogen-bond donors (Lipinski definition) is 1. The first-order valence-corrected chi connectivity index (χ1v) is 9.81. The molecule has 3 heterocycles. The van der Waals surface area contributed by atoms with Gasteiger partial charge in [0.25, 0.3) is 0 Å². The smallest absolute Gasteiger partial charge is 0.211 e. The van der Waals surface area contributed by atoms with Gasteiger partial charge >= 0.3 is 0 Å². The van der Waals surface area contributed by atoms with Gasteiger partial charge in [-0.25, -0.2) is 27.1 Å². The molecule has 6 nitrogen and oxygen atoms in total. The molecule has 0 bridgehead atoms. The van der Waals surface area contributed by atoms with Crippen molar-refractivity contribution in [2.45, 2.75) is 19.3 Å². The van der Waals surface area contributed by atoms with Gasteiger partial charge in [-0.3, -0.25) is 0 Å². The van der Waals surface area contributed by atoms with Crippen LogP contribution in [0.4, 0.5) is 4.39 Å². The van der Waals surface area contributed by atoms with E-state index < -0.39 is 15.8 Å². The van der Waals surface area contributed by atoms with Crippen LogP contribution < -0.4 is 0 Å². The Morgan fingerprint density at radius 1 is 1.42 bits per heavy atom. The summed E-state index contributed by atoms with van der Waals surface area (Å²) in [4.78, 5) is 11.5. The van der Waals surface area contributed by atoms with E-state index in [0.29, 0.717) is 36.2 Å². The number of halogens is 2. The Kier molecular flexibility index (Phi) is 4.63. The Bertz CT molecular complexity index is 838. The third kappa shape index (κ3) is 3.45. The van der Waals surface area contributed by atoms with E-state index in [2.05, 4.69) is 15.0 Å². The lowest BCUT2D eigenvalue weighted by molar-refractivity contribution is 0.247. The molecule has 1 fully saturated rings. The van der Waals surface area contributed by atoms with E-state index in [1.54, 1.807) is 0 Å². The first-order valence-electron chi connectivity index (χ1n) is 7.58. The summed E-state index contributed by atoms with van der Waals surface area (Å²) in [7, 11) is -3.19. The van der Waals surface area contributed by atoms with Crippen LogP contribution in [0.15, 0.2) is 18.3 Å². The average Bonchev–Trinajstić information content (AvgIpc) is 2.89. The van der Waals surface area contributed by atoms with E-state index in [1.807, 2.05) is 6.92 Å². The number of pyridine rings is 1. The van der Waals surface area contributed by atoms with Crippen molar-refractivity contribution in [2.75, 3.05) is 19.3 Å². The highest BCUT2D eigenvalue weighted by atomic mass is 35.5. The van der Waals surface area contributed by atoms with Gasteiger partial charge in [-0.05, 0) is 24.5 Å². The number of hydrogen-bond acceptors (Lipinski definition) is 4. The molecule has 1 aliphatic rings. The minimum absolute atomic E-state index is 0.0807. The standard InChI is InChI=1S/C15H18ClFN4O2S/c1-9-8-21(24(2,22)23)6-5-11(9)13-14(16)20-15(19-13)12-4-3-10(17)7-18-12/h3-4,7,9,11H,5-6,8H2,1-2H3,(H,19,20)/t9-,11+/m1/s1. The number of nitrogens with zero attached hydrogens (tertiary/aromatic N) is 3. The van der Waals surface area contributed by atoms with Crippen LogP contribution in [-0.4, -0.2) is 47.0 Å². The topological polar surface area (TPSA) is 79.0 Å². The number of nitrogens with one attached hydrogen (secondary N) is 1. The van der Waals surface area contributed by atoms with Gasteiger partial charge in [-0.15, -0.1) is 0 Å². The van der Waals surface area contributed by atoms with Crippen LogP contribution in [0.1, 0.15) is 25.0 Å². The molecule has 130 valence electrons. The van der Waals surface area contributed by atoms with Gasteiger partial charge < -0.3 is 4.98 Å². The van der Waals surface area contributed by atoms with E-state index in [0.717, 1.165) is 11.9 Å². The second kappa shape index (κ2) is 6.42. The fourth-order valence-electron chi connectivity index (χ4n) is 3.09. The summed E-state index contributed by atoms with van der Waals surface area (Å²) in [5, 5.41) is 0.348. The zero-order chi connectivity index (χ0) is 17.5. The second-order valence-electron chi connectivity index (χ2n) is 6.15. The van der Waals surface area contributed by atoms with Crippen LogP contribution in [0.5, 0.6) is 0 Å². The van der Waals surface area contributed by atoms with Crippen LogP contribution in [0.25, 0.3) is 11.5 Å². The van der Waals surface area contributed by atoms with Gasteiger partial charge in [-0.2, -0.15) is 0 Å². The van der Waals surface area contributed by atoms with Gasteiger partial charge in [0.1, 0.15) is 11.5 Å². The van der Waals surface area contributed by atoms with E-state index >= 15 is 0 Å². The molecule has 0 aromatic carbocycles. The van der Waals surface area contributed by atoms with E-state index in [4.69, 9.17) is 11.6 Å². The molecule has 1 saturated heterocycles. The molecule has 0 saturated carbocycles. The lowest BCUT2D eigenvalue weighted by Gasteiger charge is -2.35. The summed E-state index contributed by atoms with van der Waals surface area (Å²) in [6.07, 6.45) is 3.01. The Labute approximate surface area is 145 Å². The summed E-state index contributed by atoms with van der Waals surface area (Å²) in [6, 6.07) is 2.84. The molecule has 2 aromatic rings.